The minimum absolute atomic E-state index is 0.149. The lowest BCUT2D eigenvalue weighted by molar-refractivity contribution is -0.119. The molecule has 3 rings (SSSR count). The first-order valence-electron chi connectivity index (χ1n) is 7.55. The number of aromatic amines is 1. The van der Waals surface area contributed by atoms with Gasteiger partial charge in [0.15, 0.2) is 12.3 Å². The molecule has 0 spiro atoms. The maximum Gasteiger partial charge on any atom is 0.347 e. The van der Waals surface area contributed by atoms with Crippen molar-refractivity contribution in [2.24, 2.45) is 0 Å². The number of nitrogens with one attached hydrogen (secondary N) is 2. The fraction of sp³-hybridized carbons (Fsp3) is 0.176. The molecule has 2 aromatic heterocycles. The zero-order valence-electron chi connectivity index (χ0n) is 13.7. The molecule has 0 aliphatic rings. The number of nitrogens with zero attached hydrogens (tertiary/aromatic N) is 2. The minimum atomic E-state index is -0.703. The van der Waals surface area contributed by atoms with E-state index in [2.05, 4.69) is 15.5 Å². The van der Waals surface area contributed by atoms with Crippen LogP contribution >= 0.6 is 0 Å². The molecule has 128 valence electrons. The molecule has 0 saturated carbocycles. The van der Waals surface area contributed by atoms with E-state index in [1.807, 2.05) is 32.0 Å². The Labute approximate surface area is 142 Å². The van der Waals surface area contributed by atoms with Crippen molar-refractivity contribution in [2.45, 2.75) is 13.8 Å². The van der Waals surface area contributed by atoms with Crippen molar-refractivity contribution in [2.75, 3.05) is 11.9 Å². The van der Waals surface area contributed by atoms with Crippen molar-refractivity contribution < 1.29 is 14.3 Å². The van der Waals surface area contributed by atoms with Crippen LogP contribution in [-0.4, -0.2) is 33.1 Å². The molecule has 0 saturated heterocycles. The van der Waals surface area contributed by atoms with E-state index in [0.717, 1.165) is 11.1 Å². The van der Waals surface area contributed by atoms with Crippen molar-refractivity contribution in [3.05, 3.63) is 63.7 Å². The van der Waals surface area contributed by atoms with Crippen LogP contribution in [0.5, 0.6) is 0 Å². The number of hydrogen-bond donors (Lipinski definition) is 2. The number of fused-ring (bicyclic) bond motifs is 1. The van der Waals surface area contributed by atoms with Gasteiger partial charge in [0.05, 0.1) is 5.56 Å². The summed E-state index contributed by atoms with van der Waals surface area (Å²) in [4.78, 5) is 35.5. The van der Waals surface area contributed by atoms with E-state index in [4.69, 9.17) is 4.74 Å². The topological polar surface area (TPSA) is 106 Å². The molecule has 1 aromatic carbocycles. The number of amides is 1. The third-order valence-electron chi connectivity index (χ3n) is 3.65. The Bertz CT molecular complexity index is 1020. The molecule has 1 amide bonds. The zero-order chi connectivity index (χ0) is 18.0. The first kappa shape index (κ1) is 16.4. The van der Waals surface area contributed by atoms with E-state index in [9.17, 15) is 14.4 Å². The highest BCUT2D eigenvalue weighted by Crippen LogP contribution is 2.16. The van der Waals surface area contributed by atoms with E-state index in [-0.39, 0.29) is 5.56 Å². The molecule has 0 atom stereocenters. The highest BCUT2D eigenvalue weighted by Gasteiger charge is 2.13. The van der Waals surface area contributed by atoms with E-state index in [0.29, 0.717) is 11.3 Å². The van der Waals surface area contributed by atoms with E-state index in [1.165, 1.54) is 22.7 Å². The molecule has 0 aliphatic heterocycles. The summed E-state index contributed by atoms with van der Waals surface area (Å²) in [6.45, 7) is 3.37. The second-order valence-corrected chi connectivity index (χ2v) is 5.62. The maximum atomic E-state index is 12.1. The fourth-order valence-electron chi connectivity index (χ4n) is 2.30. The fourth-order valence-corrected chi connectivity index (χ4v) is 2.30. The number of ether oxygens (including phenoxy) is 1. The number of carbonyl (C=O) groups excluding carboxylic acids is 2. The van der Waals surface area contributed by atoms with Crippen molar-refractivity contribution in [3.63, 3.8) is 0 Å². The van der Waals surface area contributed by atoms with Crippen molar-refractivity contribution in [1.82, 2.24) is 14.6 Å². The number of pyridine rings is 1. The van der Waals surface area contributed by atoms with E-state index < -0.39 is 24.2 Å². The number of hydrogen-bond acceptors (Lipinski definition) is 5. The lowest BCUT2D eigenvalue weighted by Crippen LogP contribution is -2.21. The van der Waals surface area contributed by atoms with Crippen LogP contribution in [0.2, 0.25) is 0 Å². The van der Waals surface area contributed by atoms with Gasteiger partial charge in [-0.25, -0.2) is 19.1 Å². The van der Waals surface area contributed by atoms with Gasteiger partial charge in [-0.1, -0.05) is 12.1 Å². The summed E-state index contributed by atoms with van der Waals surface area (Å²) in [6, 6.07) is 8.66. The van der Waals surface area contributed by atoms with Crippen LogP contribution < -0.4 is 11.0 Å². The lowest BCUT2D eigenvalue weighted by Gasteiger charge is -2.10. The minimum Gasteiger partial charge on any atom is -0.452 e. The van der Waals surface area contributed by atoms with Gasteiger partial charge in [0.25, 0.3) is 5.91 Å². The van der Waals surface area contributed by atoms with Crippen LogP contribution in [0.25, 0.3) is 5.65 Å². The van der Waals surface area contributed by atoms with Crippen LogP contribution in [0.15, 0.2) is 41.3 Å². The summed E-state index contributed by atoms with van der Waals surface area (Å²) in [5, 5.41) is 8.74. The first-order chi connectivity index (χ1) is 11.9. The third-order valence-corrected chi connectivity index (χ3v) is 3.65. The molecule has 3 aromatic rings. The molecule has 0 bridgehead atoms. The molecular formula is C17H16N4O4. The van der Waals surface area contributed by atoms with Gasteiger partial charge in [-0.3, -0.25) is 4.79 Å². The Morgan fingerprint density at radius 2 is 2.04 bits per heavy atom. The quantitative estimate of drug-likeness (QED) is 0.699. The molecule has 0 aliphatic carbocycles. The largest absolute Gasteiger partial charge is 0.452 e. The molecule has 2 heterocycles. The van der Waals surface area contributed by atoms with Gasteiger partial charge < -0.3 is 10.1 Å². The Hall–Kier alpha value is -3.42. The average Bonchev–Trinajstić information content (AvgIpc) is 2.96. The van der Waals surface area contributed by atoms with Gasteiger partial charge in [-0.2, -0.15) is 5.10 Å². The second-order valence-electron chi connectivity index (χ2n) is 5.62. The average molecular weight is 340 g/mol. The van der Waals surface area contributed by atoms with Crippen molar-refractivity contribution >= 4 is 23.2 Å². The Morgan fingerprint density at radius 1 is 1.24 bits per heavy atom. The predicted octanol–water partition coefficient (Wildman–Crippen LogP) is 1.43. The highest BCUT2D eigenvalue weighted by molar-refractivity contribution is 5.96. The molecule has 0 unspecified atom stereocenters. The van der Waals surface area contributed by atoms with Gasteiger partial charge in [0.2, 0.25) is 0 Å². The van der Waals surface area contributed by atoms with Crippen molar-refractivity contribution in [1.29, 1.82) is 0 Å². The van der Waals surface area contributed by atoms with Crippen molar-refractivity contribution in [3.8, 4) is 0 Å². The second kappa shape index (κ2) is 6.60. The first-order valence-corrected chi connectivity index (χ1v) is 7.55. The molecule has 25 heavy (non-hydrogen) atoms. The molecule has 8 nitrogen and oxygen atoms in total. The summed E-state index contributed by atoms with van der Waals surface area (Å²) in [6.07, 6.45) is 1.31. The molecular weight excluding hydrogens is 324 g/mol. The van der Waals surface area contributed by atoms with Crippen LogP contribution in [0.3, 0.4) is 0 Å². The Balaban J connectivity index is 1.64. The van der Waals surface area contributed by atoms with Gasteiger partial charge in [0.1, 0.15) is 0 Å². The Morgan fingerprint density at radius 3 is 2.84 bits per heavy atom. The molecule has 8 heteroatoms. The summed E-state index contributed by atoms with van der Waals surface area (Å²) < 4.78 is 6.19. The van der Waals surface area contributed by atoms with Crippen LogP contribution in [-0.2, 0) is 9.53 Å². The number of rotatable bonds is 4. The molecule has 2 N–H and O–H groups in total. The molecule has 0 radical (unpaired) electrons. The molecule has 0 fully saturated rings. The van der Waals surface area contributed by atoms with Gasteiger partial charge in [-0.15, -0.1) is 0 Å². The number of esters is 1. The number of benzene rings is 1. The zero-order valence-corrected chi connectivity index (χ0v) is 13.7. The maximum absolute atomic E-state index is 12.1. The van der Waals surface area contributed by atoms with Gasteiger partial charge in [0, 0.05) is 11.9 Å². The van der Waals surface area contributed by atoms with Crippen LogP contribution in [0, 0.1) is 13.8 Å². The Kier molecular flexibility index (Phi) is 4.34. The number of aryl methyl sites for hydroxylation is 2. The highest BCUT2D eigenvalue weighted by atomic mass is 16.5. The standard InChI is InChI=1S/C17H16N4O4/c1-10-3-4-11(2)13(7-10)18-15(22)9-25-16(23)12-5-6-14-19-20-17(24)21(14)8-12/h3-8H,9H2,1-2H3,(H,18,22)(H,20,24). The van der Waals surface area contributed by atoms with Gasteiger partial charge >= 0.3 is 11.7 Å². The van der Waals surface area contributed by atoms with Crippen LogP contribution in [0.4, 0.5) is 5.69 Å². The van der Waals surface area contributed by atoms with E-state index >= 15 is 0 Å². The summed E-state index contributed by atoms with van der Waals surface area (Å²) >= 11 is 0. The summed E-state index contributed by atoms with van der Waals surface area (Å²) in [5.74, 6) is -1.14. The summed E-state index contributed by atoms with van der Waals surface area (Å²) in [5.41, 5.74) is 2.67. The number of aromatic nitrogens is 3. The number of anilines is 1. The number of carbonyl (C=O) groups is 2. The van der Waals surface area contributed by atoms with Gasteiger partial charge in [-0.05, 0) is 43.2 Å². The summed E-state index contributed by atoms with van der Waals surface area (Å²) in [7, 11) is 0. The third kappa shape index (κ3) is 3.57. The van der Waals surface area contributed by atoms with Crippen LogP contribution in [0.1, 0.15) is 21.5 Å². The normalized spacial score (nSPS) is 10.6. The lowest BCUT2D eigenvalue weighted by atomic mass is 10.1. The monoisotopic (exact) mass is 340 g/mol. The van der Waals surface area contributed by atoms with E-state index in [1.54, 1.807) is 0 Å². The predicted molar refractivity (Wildman–Crippen MR) is 90.6 cm³/mol. The SMILES string of the molecule is Cc1ccc(C)c(NC(=O)COC(=O)c2ccc3n[nH]c(=O)n3c2)c1. The smallest absolute Gasteiger partial charge is 0.347 e. The number of H-pyrrole nitrogens is 1.